The lowest BCUT2D eigenvalue weighted by molar-refractivity contribution is -0.117. The predicted molar refractivity (Wildman–Crippen MR) is 92.5 cm³/mol. The Kier molecular flexibility index (Phi) is 7.71. The molecule has 0 aliphatic rings. The number of amides is 1. The lowest BCUT2D eigenvalue weighted by atomic mass is 10.3. The van der Waals surface area contributed by atoms with Crippen molar-refractivity contribution in [3.8, 4) is 0 Å². The van der Waals surface area contributed by atoms with Crippen LogP contribution in [0.15, 0.2) is 22.7 Å². The minimum atomic E-state index is -0.00678. The minimum absolute atomic E-state index is 0.00678. The van der Waals surface area contributed by atoms with Crippen LogP contribution in [0.5, 0.6) is 0 Å². The second-order valence-electron chi connectivity index (χ2n) is 5.37. The molecule has 1 aromatic rings. The fourth-order valence-corrected chi connectivity index (χ4v) is 2.45. The molecular weight excluding hydrogens is 332 g/mol. The zero-order chi connectivity index (χ0) is 15.8. The third-order valence-electron chi connectivity index (χ3n) is 3.04. The lowest BCUT2D eigenvalue weighted by Crippen LogP contribution is -2.38. The summed E-state index contributed by atoms with van der Waals surface area (Å²) in [6, 6.07) is 5.36. The summed E-state index contributed by atoms with van der Waals surface area (Å²) < 4.78 is 0.797. The van der Waals surface area contributed by atoms with Gasteiger partial charge in [-0.1, -0.05) is 6.92 Å². The smallest absolute Gasteiger partial charge is 0.238 e. The Morgan fingerprint density at radius 2 is 2.00 bits per heavy atom. The molecule has 0 aromatic heterocycles. The topological polar surface area (TPSA) is 61.6 Å². The summed E-state index contributed by atoms with van der Waals surface area (Å²) >= 11 is 3.41. The highest BCUT2D eigenvalue weighted by atomic mass is 79.9. The molecule has 0 saturated heterocycles. The van der Waals surface area contributed by atoms with Crippen molar-refractivity contribution in [3.05, 3.63) is 22.7 Å². The molecule has 5 nitrogen and oxygen atoms in total. The quantitative estimate of drug-likeness (QED) is 0.701. The number of likely N-dealkylation sites (N-methyl/N-ethyl adjacent to an activating group) is 1. The zero-order valence-corrected chi connectivity index (χ0v) is 14.6. The molecule has 0 unspecified atom stereocenters. The maximum Gasteiger partial charge on any atom is 0.238 e. The number of rotatable bonds is 8. The molecule has 0 bridgehead atoms. The number of hydrogen-bond donors (Lipinski definition) is 2. The molecule has 0 fully saturated rings. The molecule has 6 heteroatoms. The monoisotopic (exact) mass is 356 g/mol. The number of nitrogen functional groups attached to an aromatic ring is 1. The highest BCUT2D eigenvalue weighted by Crippen LogP contribution is 2.24. The molecule has 0 atom stereocenters. The van der Waals surface area contributed by atoms with Crippen molar-refractivity contribution >= 4 is 33.2 Å². The van der Waals surface area contributed by atoms with Gasteiger partial charge < -0.3 is 16.0 Å². The van der Waals surface area contributed by atoms with Crippen molar-refractivity contribution < 1.29 is 4.79 Å². The van der Waals surface area contributed by atoms with E-state index in [4.69, 9.17) is 5.73 Å². The molecule has 21 heavy (non-hydrogen) atoms. The van der Waals surface area contributed by atoms with Crippen molar-refractivity contribution in [2.75, 3.05) is 51.3 Å². The van der Waals surface area contributed by atoms with Crippen LogP contribution >= 0.6 is 15.9 Å². The van der Waals surface area contributed by atoms with Gasteiger partial charge in [-0.15, -0.1) is 0 Å². The molecule has 3 N–H and O–H groups in total. The van der Waals surface area contributed by atoms with Gasteiger partial charge in [0, 0.05) is 23.2 Å². The van der Waals surface area contributed by atoms with Crippen LogP contribution < -0.4 is 11.1 Å². The van der Waals surface area contributed by atoms with Crippen molar-refractivity contribution in [3.63, 3.8) is 0 Å². The first kappa shape index (κ1) is 17.9. The molecule has 0 aliphatic carbocycles. The summed E-state index contributed by atoms with van der Waals surface area (Å²) in [6.45, 7) is 5.27. The fourth-order valence-electron chi connectivity index (χ4n) is 1.95. The average molecular weight is 357 g/mol. The molecule has 0 saturated carbocycles. The van der Waals surface area contributed by atoms with Gasteiger partial charge in [0.1, 0.15) is 0 Å². The Morgan fingerprint density at radius 3 is 2.57 bits per heavy atom. The van der Waals surface area contributed by atoms with Gasteiger partial charge in [0.25, 0.3) is 0 Å². The van der Waals surface area contributed by atoms with E-state index in [2.05, 4.69) is 38.0 Å². The first-order chi connectivity index (χ1) is 9.92. The van der Waals surface area contributed by atoms with Crippen LogP contribution in [0.25, 0.3) is 0 Å². The summed E-state index contributed by atoms with van der Waals surface area (Å²) in [6.07, 6.45) is 1.03. The molecule has 118 valence electrons. The largest absolute Gasteiger partial charge is 0.399 e. The normalized spacial score (nSPS) is 11.1. The molecule has 1 aromatic carbocycles. The first-order valence-corrected chi connectivity index (χ1v) is 7.93. The van der Waals surface area contributed by atoms with Gasteiger partial charge in [0.05, 0.1) is 12.2 Å². The summed E-state index contributed by atoms with van der Waals surface area (Å²) in [7, 11) is 4.07. The number of carbonyl (C=O) groups is 1. The molecule has 0 radical (unpaired) electrons. The standard InChI is InChI=1S/C15H25BrN4O/c1-4-7-20(9-8-19(2)3)11-15(21)18-14-6-5-12(17)10-13(14)16/h5-6,10H,4,7-9,11,17H2,1-3H3,(H,18,21). The second-order valence-corrected chi connectivity index (χ2v) is 6.22. The Balaban J connectivity index is 2.56. The number of nitrogens with one attached hydrogen (secondary N) is 1. The van der Waals surface area contributed by atoms with Crippen LogP contribution in [0.4, 0.5) is 11.4 Å². The Morgan fingerprint density at radius 1 is 1.29 bits per heavy atom. The van der Waals surface area contributed by atoms with Gasteiger partial charge in [0.2, 0.25) is 5.91 Å². The van der Waals surface area contributed by atoms with Crippen LogP contribution in [0.1, 0.15) is 13.3 Å². The lowest BCUT2D eigenvalue weighted by Gasteiger charge is -2.23. The van der Waals surface area contributed by atoms with E-state index in [1.54, 1.807) is 18.2 Å². The van der Waals surface area contributed by atoms with Gasteiger partial charge in [0.15, 0.2) is 0 Å². The van der Waals surface area contributed by atoms with Crippen LogP contribution in [0.3, 0.4) is 0 Å². The number of benzene rings is 1. The molecule has 1 amide bonds. The Labute approximate surface area is 135 Å². The molecule has 0 aliphatic heterocycles. The van der Waals surface area contributed by atoms with Crippen molar-refractivity contribution in [2.24, 2.45) is 0 Å². The van der Waals surface area contributed by atoms with E-state index in [9.17, 15) is 4.79 Å². The van der Waals surface area contributed by atoms with E-state index >= 15 is 0 Å². The highest BCUT2D eigenvalue weighted by Gasteiger charge is 2.11. The van der Waals surface area contributed by atoms with Crippen molar-refractivity contribution in [2.45, 2.75) is 13.3 Å². The van der Waals surface area contributed by atoms with Gasteiger partial charge >= 0.3 is 0 Å². The number of halogens is 1. The van der Waals surface area contributed by atoms with Gasteiger partial charge in [-0.3, -0.25) is 9.69 Å². The van der Waals surface area contributed by atoms with E-state index in [1.807, 2.05) is 14.1 Å². The second kappa shape index (κ2) is 9.02. The van der Waals surface area contributed by atoms with Crippen LogP contribution in [0.2, 0.25) is 0 Å². The number of carbonyl (C=O) groups excluding carboxylic acids is 1. The predicted octanol–water partition coefficient (Wildman–Crippen LogP) is 2.24. The van der Waals surface area contributed by atoms with E-state index in [0.717, 1.165) is 36.2 Å². The fraction of sp³-hybridized carbons (Fsp3) is 0.533. The van der Waals surface area contributed by atoms with E-state index in [1.165, 1.54) is 0 Å². The number of hydrogen-bond acceptors (Lipinski definition) is 4. The maximum atomic E-state index is 12.2. The molecule has 0 spiro atoms. The van der Waals surface area contributed by atoms with Crippen LogP contribution in [0, 0.1) is 0 Å². The average Bonchev–Trinajstić information content (AvgIpc) is 2.39. The highest BCUT2D eigenvalue weighted by molar-refractivity contribution is 9.10. The van der Waals surface area contributed by atoms with Gasteiger partial charge in [-0.05, 0) is 61.2 Å². The van der Waals surface area contributed by atoms with Crippen molar-refractivity contribution in [1.29, 1.82) is 0 Å². The van der Waals surface area contributed by atoms with Gasteiger partial charge in [-0.2, -0.15) is 0 Å². The Hall–Kier alpha value is -1.11. The van der Waals surface area contributed by atoms with E-state index in [-0.39, 0.29) is 5.91 Å². The zero-order valence-electron chi connectivity index (χ0n) is 13.0. The van der Waals surface area contributed by atoms with Crippen molar-refractivity contribution in [1.82, 2.24) is 9.80 Å². The van der Waals surface area contributed by atoms with Crippen LogP contribution in [-0.4, -0.2) is 56.0 Å². The maximum absolute atomic E-state index is 12.2. The Bertz CT molecular complexity index is 465. The minimum Gasteiger partial charge on any atom is -0.399 e. The summed E-state index contributed by atoms with van der Waals surface area (Å²) in [4.78, 5) is 16.5. The van der Waals surface area contributed by atoms with E-state index < -0.39 is 0 Å². The van der Waals surface area contributed by atoms with E-state index in [0.29, 0.717) is 12.2 Å². The third-order valence-corrected chi connectivity index (χ3v) is 3.69. The SMILES string of the molecule is CCCN(CCN(C)C)CC(=O)Nc1ccc(N)cc1Br. The van der Waals surface area contributed by atoms with Gasteiger partial charge in [-0.25, -0.2) is 0 Å². The summed E-state index contributed by atoms with van der Waals surface area (Å²) in [5.74, 6) is -0.00678. The molecule has 0 heterocycles. The molecule has 1 rings (SSSR count). The number of anilines is 2. The number of nitrogens with zero attached hydrogens (tertiary/aromatic N) is 2. The number of nitrogens with two attached hydrogens (primary N) is 1. The summed E-state index contributed by atoms with van der Waals surface area (Å²) in [5, 5.41) is 2.92. The molecular formula is C15H25BrN4O. The first-order valence-electron chi connectivity index (χ1n) is 7.14. The summed E-state index contributed by atoms with van der Waals surface area (Å²) in [5.41, 5.74) is 7.10. The third kappa shape index (κ3) is 6.93. The van der Waals surface area contributed by atoms with Crippen LogP contribution in [-0.2, 0) is 4.79 Å².